The van der Waals surface area contributed by atoms with Gasteiger partial charge in [0.2, 0.25) is 0 Å². The summed E-state index contributed by atoms with van der Waals surface area (Å²) >= 11 is 0. The Morgan fingerprint density at radius 2 is 0.630 bits per heavy atom. The van der Waals surface area contributed by atoms with Crippen molar-refractivity contribution >= 4 is 78.4 Å². The largest absolute Gasteiger partial charge is 0.371 e. The first-order chi connectivity index (χ1) is 53.0. The van der Waals surface area contributed by atoms with Gasteiger partial charge in [-0.05, 0) is 231 Å². The molecule has 8 aliphatic rings. The number of carbonyl (C=O) groups is 4. The van der Waals surface area contributed by atoms with Crippen molar-refractivity contribution in [2.75, 3.05) is 36.0 Å². The van der Waals surface area contributed by atoms with E-state index in [0.29, 0.717) is 70.5 Å². The fraction of sp³-hybridized carbons (Fsp3) is 0.333. The van der Waals surface area contributed by atoms with Crippen LogP contribution in [-0.2, 0) is 22.4 Å². The van der Waals surface area contributed by atoms with Crippen molar-refractivity contribution in [3.8, 4) is 0 Å². The van der Waals surface area contributed by atoms with Crippen LogP contribution < -0.4 is 20.4 Å². The van der Waals surface area contributed by atoms with E-state index in [1.54, 1.807) is 0 Å². The zero-order valence-corrected chi connectivity index (χ0v) is 61.7. The lowest BCUT2D eigenvalue weighted by Gasteiger charge is -2.35. The third kappa shape index (κ3) is 15.0. The fourth-order valence-electron chi connectivity index (χ4n) is 19.5. The van der Waals surface area contributed by atoms with E-state index in [2.05, 4.69) is 174 Å². The molecule has 0 radical (unpaired) electrons. The maximum atomic E-state index is 12.8. The minimum atomic E-state index is 0.0556. The summed E-state index contributed by atoms with van der Waals surface area (Å²) in [4.78, 5) is 73.3. The van der Waals surface area contributed by atoms with E-state index in [4.69, 9.17) is 0 Å². The average Bonchev–Trinajstić information content (AvgIpc) is 1.58. The lowest BCUT2D eigenvalue weighted by atomic mass is 9.74. The second-order valence-electron chi connectivity index (χ2n) is 32.5. The number of anilines is 2. The number of hydrogen-bond donors (Lipinski definition) is 2. The quantitative estimate of drug-likeness (QED) is 0.108. The van der Waals surface area contributed by atoms with E-state index in [1.165, 1.54) is 95.4 Å². The second-order valence-corrected chi connectivity index (χ2v) is 32.5. The van der Waals surface area contributed by atoms with Crippen molar-refractivity contribution in [2.45, 2.75) is 139 Å². The summed E-state index contributed by atoms with van der Waals surface area (Å²) in [5.41, 5.74) is 14.8. The van der Waals surface area contributed by atoms with Gasteiger partial charge in [-0.1, -0.05) is 170 Å². The van der Waals surface area contributed by atoms with Gasteiger partial charge in [-0.2, -0.15) is 0 Å². The van der Waals surface area contributed by atoms with E-state index in [0.717, 1.165) is 122 Å². The van der Waals surface area contributed by atoms with Gasteiger partial charge in [0.05, 0.1) is 22.1 Å². The summed E-state index contributed by atoms with van der Waals surface area (Å²) in [6, 6.07) is 82.4. The number of aromatic nitrogens is 4. The number of fused-ring (bicyclic) bond motifs is 4. The van der Waals surface area contributed by atoms with Gasteiger partial charge in [0.15, 0.2) is 0 Å². The van der Waals surface area contributed by atoms with Crippen molar-refractivity contribution in [2.24, 2.45) is 33.5 Å². The van der Waals surface area contributed by atoms with Gasteiger partial charge in [0.1, 0.15) is 11.6 Å². The number of piperidine rings is 2. The highest BCUT2D eigenvalue weighted by molar-refractivity contribution is 5.96. The van der Waals surface area contributed by atoms with Crippen LogP contribution in [0.1, 0.15) is 158 Å². The summed E-state index contributed by atoms with van der Waals surface area (Å²) in [5, 5.41) is 11.6. The highest BCUT2D eigenvalue weighted by Crippen LogP contribution is 2.65. The van der Waals surface area contributed by atoms with E-state index in [9.17, 15) is 19.2 Å². The Kier molecular flexibility index (Phi) is 19.8. The smallest absolute Gasteiger partial charge is 0.251 e. The predicted octanol–water partition coefficient (Wildman–Crippen LogP) is 19.5. The first-order valence-electron chi connectivity index (χ1n) is 39.7. The Morgan fingerprint density at radius 3 is 1.03 bits per heavy atom. The van der Waals surface area contributed by atoms with Gasteiger partial charge < -0.3 is 20.4 Å². The molecular weight excluding hydrogens is 1330 g/mol. The molecule has 0 bridgehead atoms. The molecular formula is C96H96N8O4. The number of rotatable bonds is 14. The molecule has 6 aliphatic carbocycles. The number of nitrogens with one attached hydrogen (secondary N) is 2. The molecule has 8 fully saturated rings. The van der Waals surface area contributed by atoms with E-state index in [-0.39, 0.29) is 23.1 Å². The highest BCUT2D eigenvalue weighted by atomic mass is 16.2. The molecule has 2 N–H and O–H groups in total. The first-order valence-corrected chi connectivity index (χ1v) is 39.7. The summed E-state index contributed by atoms with van der Waals surface area (Å²) in [6.07, 6.45) is 27.4. The third-order valence-electron chi connectivity index (χ3n) is 26.3. The zero-order valence-electron chi connectivity index (χ0n) is 61.7. The summed E-state index contributed by atoms with van der Waals surface area (Å²) in [6.45, 7) is 4.13. The van der Waals surface area contributed by atoms with Crippen LogP contribution in [0.4, 0.5) is 11.4 Å². The average molecular weight is 1430 g/mol. The molecule has 4 spiro atoms. The molecule has 12 nitrogen and oxygen atoms in total. The topological polar surface area (TPSA) is 150 Å². The molecule has 2 aliphatic heterocycles. The van der Waals surface area contributed by atoms with Crippen molar-refractivity contribution in [3.63, 3.8) is 0 Å². The number of hydrogen-bond acceptors (Lipinski definition) is 10. The predicted molar refractivity (Wildman–Crippen MR) is 433 cm³/mol. The highest BCUT2D eigenvalue weighted by Gasteiger charge is 2.60. The molecule has 4 unspecified atom stereocenters. The van der Waals surface area contributed by atoms with Crippen LogP contribution >= 0.6 is 0 Å². The Bertz CT molecular complexity index is 4850. The number of nitrogens with zero attached hydrogens (tertiary/aromatic N) is 6. The number of para-hydroxylation sites is 4. The monoisotopic (exact) mass is 1420 g/mol. The molecule has 20 rings (SSSR count). The van der Waals surface area contributed by atoms with Crippen LogP contribution in [0, 0.1) is 33.5 Å². The number of ketones is 2. The van der Waals surface area contributed by atoms with Crippen LogP contribution in [0.5, 0.6) is 0 Å². The van der Waals surface area contributed by atoms with E-state index < -0.39 is 0 Å². The number of carbonyl (C=O) groups excluding carboxylic acids is 4. The van der Waals surface area contributed by atoms with Gasteiger partial charge in [0, 0.05) is 132 Å². The first kappa shape index (κ1) is 70.3. The normalized spacial score (nSPS) is 23.8. The maximum absolute atomic E-state index is 12.8. The minimum Gasteiger partial charge on any atom is -0.371 e. The maximum Gasteiger partial charge on any atom is 0.251 e. The lowest BCUT2D eigenvalue weighted by Crippen LogP contribution is -2.38. The number of Topliss-reactive ketones (excluding diaryl/α,β-unsaturated/α-hetero) is 2. The van der Waals surface area contributed by atoms with Crippen molar-refractivity contribution in [1.29, 1.82) is 0 Å². The molecule has 6 heterocycles. The molecule has 108 heavy (non-hydrogen) atoms. The van der Waals surface area contributed by atoms with Gasteiger partial charge in [-0.3, -0.25) is 39.1 Å². The standard InChI is InChI=1S/C25H25NO.2C24H24N2O.C23H23N3O/c27-24(16-18-6-2-1-3-7-18)22-17-25(22)13-10-19(11-14-25)20-12-15-26-23-9-5-4-8-21(20)23;27-23(16-18-6-2-1-3-7-18)20-17-24(20)11-14-26(15-12-24)22-10-13-25-21-9-5-4-8-19(21)22;27-23(18-6-2-1-3-7-18)26-22-16-24(22)13-10-17(11-14-24)19-12-15-25-21-9-5-4-8-20(19)21;27-22(17-6-2-1-3-7-17)25-21-16-23(21)11-14-26(15-12-23)20-10-13-24-19-9-5-4-8-18(19)20/h1-9,12,15,19,22H,10-11,13-14,16-17H2;1-10,13,20H,11-12,14-17H2;1-9,12,15,17,22H,10-11,13-14,16H2,(H,26,27);1-10,13,21H,11-12,14-16H2,(H,25,27). The Morgan fingerprint density at radius 1 is 0.324 bits per heavy atom. The number of pyridine rings is 4. The Hall–Kier alpha value is -10.7. The Labute approximate surface area is 634 Å². The molecule has 2 saturated heterocycles. The summed E-state index contributed by atoms with van der Waals surface area (Å²) in [5.74, 6) is 2.79. The lowest BCUT2D eigenvalue weighted by molar-refractivity contribution is -0.121. The SMILES string of the molecule is O=C(Cc1ccccc1)C1CC12CCC(c1ccnc3ccccc13)CC2.O=C(Cc1ccccc1)C1CC12CCN(c1ccnc3ccccc13)CC2.O=C(NC1CC12CCC(c1ccnc3ccccc13)CC2)c1ccccc1.O=C(NC1CC12CCN(c1ccnc3ccccc13)CC2)c1ccccc1. The zero-order chi connectivity index (χ0) is 73.1. The van der Waals surface area contributed by atoms with Crippen LogP contribution in [0.2, 0.25) is 0 Å². The van der Waals surface area contributed by atoms with Crippen LogP contribution in [0.3, 0.4) is 0 Å². The van der Waals surface area contributed by atoms with Gasteiger partial charge >= 0.3 is 0 Å². The molecule has 544 valence electrons. The third-order valence-corrected chi connectivity index (χ3v) is 26.3. The molecule has 4 aromatic heterocycles. The molecule has 12 heteroatoms. The number of amides is 2. The van der Waals surface area contributed by atoms with Crippen LogP contribution in [0.15, 0.2) is 267 Å². The fourth-order valence-corrected chi connectivity index (χ4v) is 19.5. The molecule has 2 amide bonds. The van der Waals surface area contributed by atoms with Gasteiger partial charge in [-0.25, -0.2) is 0 Å². The minimum absolute atomic E-state index is 0.0556. The van der Waals surface area contributed by atoms with E-state index >= 15 is 0 Å². The molecule has 8 aromatic carbocycles. The van der Waals surface area contributed by atoms with Crippen LogP contribution in [-0.4, -0.2) is 81.6 Å². The van der Waals surface area contributed by atoms with Crippen molar-refractivity contribution in [3.05, 3.63) is 301 Å². The summed E-state index contributed by atoms with van der Waals surface area (Å²) < 4.78 is 0. The molecule has 12 aromatic rings. The van der Waals surface area contributed by atoms with Gasteiger partial charge in [-0.15, -0.1) is 0 Å². The van der Waals surface area contributed by atoms with E-state index in [1.807, 2.05) is 134 Å². The number of benzene rings is 8. The Balaban J connectivity index is 0.000000105. The molecule has 4 atom stereocenters. The van der Waals surface area contributed by atoms with Crippen LogP contribution in [0.25, 0.3) is 43.6 Å². The summed E-state index contributed by atoms with van der Waals surface area (Å²) in [7, 11) is 0. The van der Waals surface area contributed by atoms with Gasteiger partial charge in [0.25, 0.3) is 11.8 Å². The molecule has 6 saturated carbocycles. The second kappa shape index (κ2) is 30.5. The van der Waals surface area contributed by atoms with Crippen molar-refractivity contribution < 1.29 is 19.2 Å². The van der Waals surface area contributed by atoms with Crippen molar-refractivity contribution in [1.82, 2.24) is 30.6 Å².